The number of nitrogens with one attached hydrogen (secondary N) is 1. The van der Waals surface area contributed by atoms with Crippen molar-refractivity contribution in [1.82, 2.24) is 14.7 Å². The number of aromatic nitrogens is 2. The number of carbonyl (C=O) groups excluding carboxylic acids is 1. The Kier molecular flexibility index (Phi) is 6.74. The van der Waals surface area contributed by atoms with Crippen molar-refractivity contribution < 1.29 is 9.53 Å². The maximum atomic E-state index is 13.5. The number of hydrogen-bond acceptors (Lipinski definition) is 5. The molecule has 0 atom stereocenters. The Labute approximate surface area is 205 Å². The summed E-state index contributed by atoms with van der Waals surface area (Å²) in [6, 6.07) is 13.2. The quantitative estimate of drug-likeness (QED) is 0.415. The minimum absolute atomic E-state index is 0.0159. The highest BCUT2D eigenvalue weighted by Gasteiger charge is 2.22. The first kappa shape index (κ1) is 24.2. The lowest BCUT2D eigenvalue weighted by atomic mass is 9.87. The number of nitriles is 1. The number of fused-ring (bicyclic) bond motifs is 1. The van der Waals surface area contributed by atoms with Crippen LogP contribution in [-0.2, 0) is 10.2 Å². The van der Waals surface area contributed by atoms with E-state index in [-0.39, 0.29) is 28.5 Å². The van der Waals surface area contributed by atoms with Crippen LogP contribution in [0.2, 0.25) is 0 Å². The van der Waals surface area contributed by atoms with Gasteiger partial charge in [-0.05, 0) is 60.6 Å². The van der Waals surface area contributed by atoms with Crippen LogP contribution in [0.4, 0.5) is 0 Å². The summed E-state index contributed by atoms with van der Waals surface area (Å²) < 4.78 is 7.47. The van der Waals surface area contributed by atoms with Gasteiger partial charge in [-0.2, -0.15) is 10.2 Å². The van der Waals surface area contributed by atoms with Crippen molar-refractivity contribution in [2.24, 2.45) is 0 Å². The number of pyridine rings is 1. The van der Waals surface area contributed by atoms with E-state index in [0.717, 1.165) is 36.8 Å². The summed E-state index contributed by atoms with van der Waals surface area (Å²) >= 11 is 0. The standard InChI is InChI=1S/C28H30N4O3/c1-18-8-7-15-32-24(18)31-26(35-22-13-11-20(12-14-22)28(2,3)4)23(27(32)34)16-19(17-29)25(33)30-21-9-5-6-10-21/h7-8,11-16,21H,5-6,9-10H2,1-4H3,(H,30,33)/b19-16+. The lowest BCUT2D eigenvalue weighted by molar-refractivity contribution is -0.117. The molecule has 1 aliphatic rings. The summed E-state index contributed by atoms with van der Waals surface area (Å²) in [6.45, 7) is 8.23. The van der Waals surface area contributed by atoms with E-state index in [1.807, 2.05) is 43.3 Å². The van der Waals surface area contributed by atoms with Gasteiger partial charge in [-0.25, -0.2) is 0 Å². The van der Waals surface area contributed by atoms with E-state index in [1.165, 1.54) is 10.5 Å². The first-order chi connectivity index (χ1) is 16.7. The minimum atomic E-state index is -0.492. The number of nitrogens with zero attached hydrogens (tertiary/aromatic N) is 3. The van der Waals surface area contributed by atoms with Gasteiger partial charge in [0.05, 0.1) is 0 Å². The van der Waals surface area contributed by atoms with E-state index >= 15 is 0 Å². The van der Waals surface area contributed by atoms with Gasteiger partial charge in [0.1, 0.15) is 28.6 Å². The third-order valence-corrected chi connectivity index (χ3v) is 6.33. The van der Waals surface area contributed by atoms with Crippen molar-refractivity contribution >= 4 is 17.6 Å². The molecular weight excluding hydrogens is 440 g/mol. The number of benzene rings is 1. The van der Waals surface area contributed by atoms with Gasteiger partial charge >= 0.3 is 0 Å². The average Bonchev–Trinajstić information content (AvgIpc) is 3.32. The Bertz CT molecular complexity index is 1380. The van der Waals surface area contributed by atoms with E-state index in [0.29, 0.717) is 11.4 Å². The van der Waals surface area contributed by atoms with Crippen LogP contribution < -0.4 is 15.6 Å². The molecule has 0 radical (unpaired) electrons. The van der Waals surface area contributed by atoms with Gasteiger partial charge in [0.15, 0.2) is 0 Å². The predicted octanol–water partition coefficient (Wildman–Crippen LogP) is 5.06. The highest BCUT2D eigenvalue weighted by Crippen LogP contribution is 2.28. The van der Waals surface area contributed by atoms with Crippen LogP contribution in [0.3, 0.4) is 0 Å². The smallest absolute Gasteiger partial charge is 0.269 e. The van der Waals surface area contributed by atoms with Crippen molar-refractivity contribution in [3.63, 3.8) is 0 Å². The van der Waals surface area contributed by atoms with Gasteiger partial charge in [-0.1, -0.05) is 51.8 Å². The van der Waals surface area contributed by atoms with Gasteiger partial charge in [0.2, 0.25) is 5.88 Å². The van der Waals surface area contributed by atoms with E-state index in [1.54, 1.807) is 12.3 Å². The van der Waals surface area contributed by atoms with Crippen LogP contribution in [0.15, 0.2) is 53.0 Å². The van der Waals surface area contributed by atoms with Crippen molar-refractivity contribution in [3.05, 3.63) is 75.2 Å². The zero-order valence-electron chi connectivity index (χ0n) is 20.6. The van der Waals surface area contributed by atoms with Crippen molar-refractivity contribution in [2.45, 2.75) is 64.8 Å². The second-order valence-electron chi connectivity index (χ2n) is 10.0. The molecule has 35 heavy (non-hydrogen) atoms. The Morgan fingerprint density at radius 1 is 1.20 bits per heavy atom. The first-order valence-corrected chi connectivity index (χ1v) is 11.9. The molecular formula is C28H30N4O3. The molecule has 1 amide bonds. The average molecular weight is 471 g/mol. The summed E-state index contributed by atoms with van der Waals surface area (Å²) in [4.78, 5) is 30.9. The van der Waals surface area contributed by atoms with E-state index in [2.05, 4.69) is 31.1 Å². The molecule has 180 valence electrons. The maximum Gasteiger partial charge on any atom is 0.269 e. The van der Waals surface area contributed by atoms with Gasteiger partial charge in [0, 0.05) is 12.2 Å². The molecule has 1 N–H and O–H groups in total. The van der Waals surface area contributed by atoms with Crippen LogP contribution in [0.5, 0.6) is 11.6 Å². The number of amides is 1. The van der Waals surface area contributed by atoms with E-state index in [4.69, 9.17) is 4.74 Å². The molecule has 1 aromatic carbocycles. The molecule has 3 aromatic rings. The number of ether oxygens (including phenoxy) is 1. The zero-order valence-corrected chi connectivity index (χ0v) is 20.6. The SMILES string of the molecule is Cc1cccn2c(=O)c(/C=C(\C#N)C(=O)NC3CCCC3)c(Oc3ccc(C(C)(C)C)cc3)nc12. The zero-order chi connectivity index (χ0) is 25.2. The summed E-state index contributed by atoms with van der Waals surface area (Å²) in [7, 11) is 0. The van der Waals surface area contributed by atoms with Crippen molar-refractivity contribution in [3.8, 4) is 17.7 Å². The lowest BCUT2D eigenvalue weighted by Crippen LogP contribution is -2.33. The first-order valence-electron chi connectivity index (χ1n) is 11.9. The molecule has 7 nitrogen and oxygen atoms in total. The fraction of sp³-hybridized carbons (Fsp3) is 0.357. The van der Waals surface area contributed by atoms with Gasteiger partial charge in [-0.15, -0.1) is 0 Å². The highest BCUT2D eigenvalue weighted by atomic mass is 16.5. The summed E-state index contributed by atoms with van der Waals surface area (Å²) in [5.41, 5.74) is 1.85. The van der Waals surface area contributed by atoms with Gasteiger partial charge < -0.3 is 10.1 Å². The maximum absolute atomic E-state index is 13.5. The predicted molar refractivity (Wildman–Crippen MR) is 135 cm³/mol. The van der Waals surface area contributed by atoms with Crippen LogP contribution in [0, 0.1) is 18.3 Å². The molecule has 7 heteroatoms. The van der Waals surface area contributed by atoms with E-state index < -0.39 is 11.5 Å². The highest BCUT2D eigenvalue weighted by molar-refractivity contribution is 6.02. The topological polar surface area (TPSA) is 96.5 Å². The number of rotatable bonds is 5. The van der Waals surface area contributed by atoms with Crippen molar-refractivity contribution in [2.75, 3.05) is 0 Å². The molecule has 4 rings (SSSR count). The Hall–Kier alpha value is -3.92. The monoisotopic (exact) mass is 470 g/mol. The summed E-state index contributed by atoms with van der Waals surface area (Å²) in [5, 5.41) is 12.6. The largest absolute Gasteiger partial charge is 0.438 e. The molecule has 0 unspecified atom stereocenters. The third-order valence-electron chi connectivity index (χ3n) is 6.33. The Morgan fingerprint density at radius 3 is 2.51 bits per heavy atom. The molecule has 1 aliphatic carbocycles. The molecule has 1 saturated carbocycles. The fourth-order valence-corrected chi connectivity index (χ4v) is 4.25. The Balaban J connectivity index is 1.79. The molecule has 0 spiro atoms. The fourth-order valence-electron chi connectivity index (χ4n) is 4.25. The molecule has 2 aromatic heterocycles. The molecule has 0 saturated heterocycles. The number of aryl methyl sites for hydroxylation is 1. The minimum Gasteiger partial charge on any atom is -0.438 e. The van der Waals surface area contributed by atoms with Gasteiger partial charge in [-0.3, -0.25) is 14.0 Å². The van der Waals surface area contributed by atoms with E-state index in [9.17, 15) is 14.9 Å². The van der Waals surface area contributed by atoms with Crippen LogP contribution >= 0.6 is 0 Å². The van der Waals surface area contributed by atoms with Crippen LogP contribution in [0.1, 0.15) is 63.1 Å². The van der Waals surface area contributed by atoms with Crippen LogP contribution in [0.25, 0.3) is 11.7 Å². The third kappa shape index (κ3) is 5.27. The number of carbonyl (C=O) groups is 1. The lowest BCUT2D eigenvalue weighted by Gasteiger charge is -2.19. The summed E-state index contributed by atoms with van der Waals surface area (Å²) in [6.07, 6.45) is 6.79. The second kappa shape index (κ2) is 9.75. The van der Waals surface area contributed by atoms with Gasteiger partial charge in [0.25, 0.3) is 11.5 Å². The van der Waals surface area contributed by atoms with Crippen LogP contribution in [-0.4, -0.2) is 21.3 Å². The summed E-state index contributed by atoms with van der Waals surface area (Å²) in [5.74, 6) is 0.0641. The second-order valence-corrected chi connectivity index (χ2v) is 10.0. The number of hydrogen-bond donors (Lipinski definition) is 1. The Morgan fingerprint density at radius 2 is 1.89 bits per heavy atom. The normalized spacial score (nSPS) is 14.7. The molecule has 0 aliphatic heterocycles. The van der Waals surface area contributed by atoms with Crippen molar-refractivity contribution in [1.29, 1.82) is 5.26 Å². The molecule has 0 bridgehead atoms. The molecule has 1 fully saturated rings. The molecule has 2 heterocycles.